The number of aliphatic hydroxyl groups is 2. The number of nitrogens with zero attached hydrogens (tertiary/aromatic N) is 1. The van der Waals surface area contributed by atoms with Crippen LogP contribution in [0.4, 0.5) is 13.2 Å². The molecule has 0 saturated carbocycles. The van der Waals surface area contributed by atoms with Gasteiger partial charge in [-0.2, -0.15) is 13.2 Å². The summed E-state index contributed by atoms with van der Waals surface area (Å²) in [6.45, 7) is 0. The van der Waals surface area contributed by atoms with Crippen LogP contribution in [0, 0.1) is 0 Å². The molecule has 0 saturated heterocycles. The Morgan fingerprint density at radius 1 is 1.42 bits per heavy atom. The van der Waals surface area contributed by atoms with Crippen molar-refractivity contribution in [2.75, 3.05) is 13.0 Å². The highest BCUT2D eigenvalue weighted by Gasteiger charge is 2.36. The third-order valence-electron chi connectivity index (χ3n) is 2.48. The first-order valence-electron chi connectivity index (χ1n) is 5.34. The average molecular weight is 300 g/mol. The van der Waals surface area contributed by atoms with Crippen molar-refractivity contribution in [3.05, 3.63) is 23.4 Å². The summed E-state index contributed by atoms with van der Waals surface area (Å²) in [7, 11) is 1.07. The third kappa shape index (κ3) is 3.95. The summed E-state index contributed by atoms with van der Waals surface area (Å²) >= 11 is 5.39. The SMILES string of the molecule is COc1ncc(C(O)C(O)CCCl)cc1C(F)(F)F. The fraction of sp³-hybridized carbons (Fsp3) is 0.545. The van der Waals surface area contributed by atoms with Crippen LogP contribution in [0.3, 0.4) is 0 Å². The van der Waals surface area contributed by atoms with Gasteiger partial charge in [0.25, 0.3) is 0 Å². The van der Waals surface area contributed by atoms with Crippen LogP contribution >= 0.6 is 11.6 Å². The number of methoxy groups -OCH3 is 1. The lowest BCUT2D eigenvalue weighted by molar-refractivity contribution is -0.139. The second kappa shape index (κ2) is 6.40. The third-order valence-corrected chi connectivity index (χ3v) is 2.70. The summed E-state index contributed by atoms with van der Waals surface area (Å²) in [5.41, 5.74) is -1.25. The minimum atomic E-state index is -4.66. The lowest BCUT2D eigenvalue weighted by Crippen LogP contribution is -2.20. The Bertz CT molecular complexity index is 428. The van der Waals surface area contributed by atoms with E-state index in [0.29, 0.717) is 6.07 Å². The summed E-state index contributed by atoms with van der Waals surface area (Å²) in [6.07, 6.45) is -6.33. The van der Waals surface area contributed by atoms with Gasteiger partial charge in [0, 0.05) is 17.6 Å². The van der Waals surface area contributed by atoms with Gasteiger partial charge in [0.2, 0.25) is 5.88 Å². The Morgan fingerprint density at radius 2 is 2.05 bits per heavy atom. The van der Waals surface area contributed by atoms with Crippen molar-refractivity contribution in [3.8, 4) is 5.88 Å². The molecule has 0 aliphatic heterocycles. The monoisotopic (exact) mass is 299 g/mol. The molecule has 0 bridgehead atoms. The first kappa shape index (κ1) is 16.0. The summed E-state index contributed by atoms with van der Waals surface area (Å²) < 4.78 is 42.7. The molecule has 0 amide bonds. The lowest BCUT2D eigenvalue weighted by atomic mass is 10.0. The number of alkyl halides is 4. The molecule has 0 aromatic carbocycles. The van der Waals surface area contributed by atoms with Crippen LogP contribution in [-0.2, 0) is 6.18 Å². The fourth-order valence-corrected chi connectivity index (χ4v) is 1.71. The number of hydrogen-bond acceptors (Lipinski definition) is 4. The van der Waals surface area contributed by atoms with E-state index < -0.39 is 29.8 Å². The van der Waals surface area contributed by atoms with E-state index >= 15 is 0 Å². The minimum absolute atomic E-state index is 0.0517. The zero-order valence-corrected chi connectivity index (χ0v) is 10.7. The Labute approximate surface area is 112 Å². The standard InChI is InChI=1S/C11H13ClF3NO3/c1-19-10-7(11(13,14)15)4-6(5-16-10)9(18)8(17)2-3-12/h4-5,8-9,17-18H,2-3H2,1H3. The molecule has 19 heavy (non-hydrogen) atoms. The van der Waals surface area contributed by atoms with E-state index in [0.717, 1.165) is 13.3 Å². The van der Waals surface area contributed by atoms with Gasteiger partial charge in [0.15, 0.2) is 0 Å². The van der Waals surface area contributed by atoms with E-state index in [1.807, 2.05) is 0 Å². The number of pyridine rings is 1. The molecule has 0 spiro atoms. The molecule has 2 N–H and O–H groups in total. The Hall–Kier alpha value is -1.05. The quantitative estimate of drug-likeness (QED) is 0.818. The highest BCUT2D eigenvalue weighted by molar-refractivity contribution is 6.17. The van der Waals surface area contributed by atoms with E-state index in [1.54, 1.807) is 0 Å². The smallest absolute Gasteiger partial charge is 0.421 e. The maximum absolute atomic E-state index is 12.7. The van der Waals surface area contributed by atoms with Crippen LogP contribution in [-0.4, -0.2) is 34.3 Å². The molecule has 1 aromatic heterocycles. The minimum Gasteiger partial charge on any atom is -0.481 e. The summed E-state index contributed by atoms with van der Waals surface area (Å²) in [5, 5.41) is 19.2. The predicted octanol–water partition coefficient (Wildman–Crippen LogP) is 2.13. The van der Waals surface area contributed by atoms with Crippen molar-refractivity contribution < 1.29 is 28.1 Å². The Morgan fingerprint density at radius 3 is 2.53 bits per heavy atom. The molecule has 2 atom stereocenters. The van der Waals surface area contributed by atoms with Gasteiger partial charge < -0.3 is 14.9 Å². The normalized spacial score (nSPS) is 15.1. The van der Waals surface area contributed by atoms with E-state index in [-0.39, 0.29) is 17.9 Å². The van der Waals surface area contributed by atoms with Crippen molar-refractivity contribution >= 4 is 11.6 Å². The van der Waals surface area contributed by atoms with E-state index in [9.17, 15) is 23.4 Å². The van der Waals surface area contributed by atoms with Gasteiger partial charge in [-0.3, -0.25) is 0 Å². The van der Waals surface area contributed by atoms with Crippen LogP contribution in [0.15, 0.2) is 12.3 Å². The van der Waals surface area contributed by atoms with Crippen LogP contribution in [0.1, 0.15) is 23.7 Å². The average Bonchev–Trinajstić information content (AvgIpc) is 2.36. The van der Waals surface area contributed by atoms with Gasteiger partial charge in [-0.05, 0) is 12.5 Å². The molecule has 0 aliphatic rings. The van der Waals surface area contributed by atoms with Gasteiger partial charge in [-0.25, -0.2) is 4.98 Å². The molecular formula is C11H13ClF3NO3. The summed E-state index contributed by atoms with van der Waals surface area (Å²) in [4.78, 5) is 3.48. The van der Waals surface area contributed by atoms with Gasteiger partial charge in [0.05, 0.1) is 13.2 Å². The molecule has 0 radical (unpaired) electrons. The predicted molar refractivity (Wildman–Crippen MR) is 62.1 cm³/mol. The zero-order chi connectivity index (χ0) is 14.6. The lowest BCUT2D eigenvalue weighted by Gasteiger charge is -2.19. The van der Waals surface area contributed by atoms with E-state index in [1.165, 1.54) is 0 Å². The molecule has 2 unspecified atom stereocenters. The van der Waals surface area contributed by atoms with Gasteiger partial charge in [0.1, 0.15) is 11.7 Å². The number of rotatable bonds is 5. The van der Waals surface area contributed by atoms with Crippen LogP contribution in [0.2, 0.25) is 0 Å². The number of aliphatic hydroxyl groups excluding tert-OH is 2. The summed E-state index contributed by atoms with van der Waals surface area (Å²) in [6, 6.07) is 0.702. The molecule has 108 valence electrons. The first-order valence-corrected chi connectivity index (χ1v) is 5.88. The maximum Gasteiger partial charge on any atom is 0.421 e. The fourth-order valence-electron chi connectivity index (χ4n) is 1.49. The van der Waals surface area contributed by atoms with E-state index in [2.05, 4.69) is 9.72 Å². The second-order valence-electron chi connectivity index (χ2n) is 3.81. The molecule has 1 aromatic rings. The number of aromatic nitrogens is 1. The second-order valence-corrected chi connectivity index (χ2v) is 4.19. The molecular weight excluding hydrogens is 287 g/mol. The number of halogens is 4. The Kier molecular flexibility index (Phi) is 5.39. The van der Waals surface area contributed by atoms with Gasteiger partial charge >= 0.3 is 6.18 Å². The highest BCUT2D eigenvalue weighted by atomic mass is 35.5. The van der Waals surface area contributed by atoms with Crippen molar-refractivity contribution in [2.24, 2.45) is 0 Å². The van der Waals surface area contributed by atoms with Gasteiger partial charge in [-0.15, -0.1) is 11.6 Å². The topological polar surface area (TPSA) is 62.6 Å². The molecule has 1 heterocycles. The van der Waals surface area contributed by atoms with Crippen molar-refractivity contribution in [3.63, 3.8) is 0 Å². The zero-order valence-electron chi connectivity index (χ0n) is 9.99. The number of ether oxygens (including phenoxy) is 1. The van der Waals surface area contributed by atoms with E-state index in [4.69, 9.17) is 11.6 Å². The van der Waals surface area contributed by atoms with Crippen molar-refractivity contribution in [1.29, 1.82) is 0 Å². The van der Waals surface area contributed by atoms with Crippen molar-refractivity contribution in [1.82, 2.24) is 4.98 Å². The summed E-state index contributed by atoms with van der Waals surface area (Å²) in [5.74, 6) is -0.510. The molecule has 0 aliphatic carbocycles. The van der Waals surface area contributed by atoms with Crippen molar-refractivity contribution in [2.45, 2.75) is 24.8 Å². The largest absolute Gasteiger partial charge is 0.481 e. The maximum atomic E-state index is 12.7. The van der Waals surface area contributed by atoms with Gasteiger partial charge in [-0.1, -0.05) is 0 Å². The molecule has 0 fully saturated rings. The Balaban J connectivity index is 3.11. The number of hydrogen-bond donors (Lipinski definition) is 2. The molecule has 4 nitrogen and oxygen atoms in total. The van der Waals surface area contributed by atoms with Crippen LogP contribution < -0.4 is 4.74 Å². The molecule has 8 heteroatoms. The van der Waals surface area contributed by atoms with Crippen LogP contribution in [0.25, 0.3) is 0 Å². The first-order chi connectivity index (χ1) is 8.81. The van der Waals surface area contributed by atoms with Crippen LogP contribution in [0.5, 0.6) is 5.88 Å². The highest BCUT2D eigenvalue weighted by Crippen LogP contribution is 2.36. The molecule has 1 rings (SSSR count).